The molecule has 0 aliphatic rings. The Hall–Kier alpha value is -1.46. The largest absolute Gasteiger partial charge is 0.356 e. The van der Waals surface area contributed by atoms with Crippen molar-refractivity contribution in [2.24, 2.45) is 4.99 Å². The van der Waals surface area contributed by atoms with Gasteiger partial charge in [0, 0.05) is 30.2 Å². The number of aryl methyl sites for hydroxylation is 1. The number of guanidine groups is 1. The third-order valence-electron chi connectivity index (χ3n) is 3.14. The second kappa shape index (κ2) is 11.1. The fraction of sp³-hybridized carbons (Fsp3) is 0.500. The van der Waals surface area contributed by atoms with E-state index in [0.29, 0.717) is 22.5 Å². The molecule has 0 heterocycles. The summed E-state index contributed by atoms with van der Waals surface area (Å²) in [6, 6.07) is 5.53. The van der Waals surface area contributed by atoms with E-state index in [2.05, 4.69) is 20.9 Å². The molecule has 0 radical (unpaired) electrons. The van der Waals surface area contributed by atoms with Gasteiger partial charge in [-0.2, -0.15) is 0 Å². The van der Waals surface area contributed by atoms with Gasteiger partial charge in [0.15, 0.2) is 5.96 Å². The van der Waals surface area contributed by atoms with E-state index in [9.17, 15) is 4.79 Å². The first kappa shape index (κ1) is 19.6. The average Bonchev–Trinajstić information content (AvgIpc) is 2.53. The van der Waals surface area contributed by atoms with Crippen LogP contribution in [0.5, 0.6) is 0 Å². The van der Waals surface area contributed by atoms with Crippen LogP contribution in [0.3, 0.4) is 0 Å². The molecule has 0 saturated carbocycles. The van der Waals surface area contributed by atoms with Crippen molar-refractivity contribution in [1.82, 2.24) is 16.0 Å². The van der Waals surface area contributed by atoms with E-state index in [1.54, 1.807) is 13.1 Å². The van der Waals surface area contributed by atoms with Crippen molar-refractivity contribution in [1.29, 1.82) is 0 Å². The van der Waals surface area contributed by atoms with Crippen LogP contribution in [0.1, 0.15) is 25.3 Å². The number of rotatable bonds is 8. The highest BCUT2D eigenvalue weighted by Gasteiger charge is 2.04. The molecule has 1 aromatic rings. The Bertz CT molecular complexity index is 535. The summed E-state index contributed by atoms with van der Waals surface area (Å²) in [6.07, 6.45) is 2.66. The van der Waals surface area contributed by atoms with Gasteiger partial charge in [-0.1, -0.05) is 36.2 Å². The Labute approximate surface area is 147 Å². The van der Waals surface area contributed by atoms with Crippen LogP contribution in [0.4, 0.5) is 0 Å². The first-order valence-electron chi connectivity index (χ1n) is 7.72. The van der Waals surface area contributed by atoms with Crippen molar-refractivity contribution in [3.8, 4) is 0 Å². The minimum absolute atomic E-state index is 0.0391. The summed E-state index contributed by atoms with van der Waals surface area (Å²) in [6.45, 7) is 3.65. The van der Waals surface area contributed by atoms with Gasteiger partial charge in [0.25, 0.3) is 0 Å². The Morgan fingerprint density at radius 2 is 1.96 bits per heavy atom. The number of hydrogen-bond acceptors (Lipinski definition) is 2. The molecule has 7 heteroatoms. The van der Waals surface area contributed by atoms with Crippen molar-refractivity contribution in [3.05, 3.63) is 33.8 Å². The lowest BCUT2D eigenvalue weighted by Crippen LogP contribution is -2.43. The molecular formula is C16H24Cl2N4O. The molecule has 0 spiro atoms. The van der Waals surface area contributed by atoms with E-state index in [1.807, 2.05) is 19.1 Å². The van der Waals surface area contributed by atoms with Crippen LogP contribution in [0, 0.1) is 0 Å². The first-order chi connectivity index (χ1) is 11.1. The minimum Gasteiger partial charge on any atom is -0.356 e. The lowest BCUT2D eigenvalue weighted by molar-refractivity contribution is -0.120. The fourth-order valence-electron chi connectivity index (χ4n) is 1.92. The fourth-order valence-corrected chi connectivity index (χ4v) is 2.42. The topological polar surface area (TPSA) is 65.5 Å². The predicted octanol–water partition coefficient (Wildman–Crippen LogP) is 2.62. The Morgan fingerprint density at radius 1 is 1.17 bits per heavy atom. The van der Waals surface area contributed by atoms with Crippen molar-refractivity contribution >= 4 is 35.1 Å². The maximum atomic E-state index is 11.5. The smallest absolute Gasteiger partial charge is 0.239 e. The van der Waals surface area contributed by atoms with Gasteiger partial charge >= 0.3 is 0 Å². The van der Waals surface area contributed by atoms with Crippen LogP contribution in [0.25, 0.3) is 0 Å². The maximum Gasteiger partial charge on any atom is 0.239 e. The first-order valence-corrected chi connectivity index (χ1v) is 8.47. The maximum absolute atomic E-state index is 11.5. The van der Waals surface area contributed by atoms with E-state index in [1.165, 1.54) is 0 Å². The molecule has 0 atom stereocenters. The quantitative estimate of drug-likeness (QED) is 0.380. The second-order valence-corrected chi connectivity index (χ2v) is 5.89. The van der Waals surface area contributed by atoms with E-state index in [-0.39, 0.29) is 12.5 Å². The van der Waals surface area contributed by atoms with Crippen molar-refractivity contribution in [2.75, 3.05) is 26.7 Å². The number of nitrogens with zero attached hydrogens (tertiary/aromatic N) is 1. The molecule has 128 valence electrons. The van der Waals surface area contributed by atoms with Gasteiger partial charge in [0.1, 0.15) is 0 Å². The number of carbonyl (C=O) groups excluding carboxylic acids is 1. The highest BCUT2D eigenvalue weighted by Crippen LogP contribution is 2.21. The molecule has 1 rings (SSSR count). The van der Waals surface area contributed by atoms with Crippen molar-refractivity contribution in [3.63, 3.8) is 0 Å². The second-order valence-electron chi connectivity index (χ2n) is 5.04. The van der Waals surface area contributed by atoms with E-state index < -0.39 is 0 Å². The monoisotopic (exact) mass is 358 g/mol. The molecule has 3 N–H and O–H groups in total. The normalized spacial score (nSPS) is 11.2. The molecule has 5 nitrogen and oxygen atoms in total. The molecule has 0 bridgehead atoms. The summed E-state index contributed by atoms with van der Waals surface area (Å²) in [7, 11) is 1.68. The SMILES string of the molecule is CCCNC(=O)CNC(=NC)NCCCc1ccc(Cl)cc1Cl. The van der Waals surface area contributed by atoms with Crippen molar-refractivity contribution in [2.45, 2.75) is 26.2 Å². The van der Waals surface area contributed by atoms with Gasteiger partial charge in [0.05, 0.1) is 6.54 Å². The summed E-state index contributed by atoms with van der Waals surface area (Å²) in [4.78, 5) is 15.6. The number of halogens is 2. The highest BCUT2D eigenvalue weighted by atomic mass is 35.5. The molecular weight excluding hydrogens is 335 g/mol. The average molecular weight is 359 g/mol. The van der Waals surface area contributed by atoms with Gasteiger partial charge in [-0.25, -0.2) is 0 Å². The van der Waals surface area contributed by atoms with E-state index in [0.717, 1.165) is 31.4 Å². The van der Waals surface area contributed by atoms with Crippen LogP contribution in [0.15, 0.2) is 23.2 Å². The number of benzene rings is 1. The summed E-state index contributed by atoms with van der Waals surface area (Å²) in [5, 5.41) is 10.3. The van der Waals surface area contributed by atoms with E-state index in [4.69, 9.17) is 23.2 Å². The lowest BCUT2D eigenvalue weighted by Gasteiger charge is -2.12. The number of aliphatic imine (C=N–C) groups is 1. The molecule has 0 aliphatic heterocycles. The molecule has 0 aromatic heterocycles. The highest BCUT2D eigenvalue weighted by molar-refractivity contribution is 6.35. The van der Waals surface area contributed by atoms with Gasteiger partial charge in [-0.15, -0.1) is 0 Å². The van der Waals surface area contributed by atoms with Gasteiger partial charge in [-0.05, 0) is 37.0 Å². The van der Waals surface area contributed by atoms with E-state index >= 15 is 0 Å². The minimum atomic E-state index is -0.0391. The van der Waals surface area contributed by atoms with Crippen LogP contribution in [-0.4, -0.2) is 38.5 Å². The number of carbonyl (C=O) groups is 1. The number of nitrogens with one attached hydrogen (secondary N) is 3. The third-order valence-corrected chi connectivity index (χ3v) is 3.73. The standard InChI is InChI=1S/C16H24Cl2N4O/c1-3-8-20-15(23)11-22-16(19-2)21-9-4-5-12-6-7-13(17)10-14(12)18/h6-7,10H,3-5,8-9,11H2,1-2H3,(H,20,23)(H2,19,21,22). The Balaban J connectivity index is 2.26. The van der Waals surface area contributed by atoms with Crippen molar-refractivity contribution < 1.29 is 4.79 Å². The molecule has 0 saturated heterocycles. The van der Waals surface area contributed by atoms with Gasteiger partial charge in [-0.3, -0.25) is 9.79 Å². The van der Waals surface area contributed by atoms with Crippen LogP contribution < -0.4 is 16.0 Å². The molecule has 1 amide bonds. The molecule has 0 fully saturated rings. The summed E-state index contributed by atoms with van der Waals surface area (Å²) in [5.41, 5.74) is 1.07. The van der Waals surface area contributed by atoms with Gasteiger partial charge < -0.3 is 16.0 Å². The zero-order chi connectivity index (χ0) is 17.1. The molecule has 0 unspecified atom stereocenters. The Kier molecular flexibility index (Phi) is 9.48. The summed E-state index contributed by atoms with van der Waals surface area (Å²) < 4.78 is 0. The molecule has 23 heavy (non-hydrogen) atoms. The zero-order valence-electron chi connectivity index (χ0n) is 13.6. The molecule has 0 aliphatic carbocycles. The third kappa shape index (κ3) is 8.09. The predicted molar refractivity (Wildman–Crippen MR) is 97.4 cm³/mol. The van der Waals surface area contributed by atoms with Crippen LogP contribution in [0.2, 0.25) is 10.0 Å². The van der Waals surface area contributed by atoms with Gasteiger partial charge in [0.2, 0.25) is 5.91 Å². The number of amides is 1. The number of hydrogen-bond donors (Lipinski definition) is 3. The molecule has 1 aromatic carbocycles. The van der Waals surface area contributed by atoms with Crippen LogP contribution >= 0.6 is 23.2 Å². The van der Waals surface area contributed by atoms with Crippen LogP contribution in [-0.2, 0) is 11.2 Å². The Morgan fingerprint density at radius 3 is 2.61 bits per heavy atom. The summed E-state index contributed by atoms with van der Waals surface area (Å²) in [5.74, 6) is 0.571. The summed E-state index contributed by atoms with van der Waals surface area (Å²) >= 11 is 12.0. The zero-order valence-corrected chi connectivity index (χ0v) is 15.1. The lowest BCUT2D eigenvalue weighted by atomic mass is 10.1.